The summed E-state index contributed by atoms with van der Waals surface area (Å²) in [5, 5.41) is 0.543. The van der Waals surface area contributed by atoms with E-state index in [4.69, 9.17) is 9.15 Å². The van der Waals surface area contributed by atoms with Gasteiger partial charge in [-0.25, -0.2) is 0 Å². The van der Waals surface area contributed by atoms with Gasteiger partial charge in [-0.3, -0.25) is 4.79 Å². The van der Waals surface area contributed by atoms with Crippen LogP contribution in [0.1, 0.15) is 11.3 Å². The molecule has 0 saturated heterocycles. The maximum atomic E-state index is 12.8. The van der Waals surface area contributed by atoms with Crippen molar-refractivity contribution in [2.75, 3.05) is 7.11 Å². The van der Waals surface area contributed by atoms with Crippen LogP contribution in [0.25, 0.3) is 22.1 Å². The van der Waals surface area contributed by atoms with E-state index in [-0.39, 0.29) is 5.43 Å². The van der Waals surface area contributed by atoms with E-state index in [0.717, 1.165) is 11.1 Å². The molecule has 0 radical (unpaired) electrons. The number of fused-ring (bicyclic) bond motifs is 1. The Morgan fingerprint density at radius 1 is 1.05 bits per heavy atom. The van der Waals surface area contributed by atoms with E-state index in [1.165, 1.54) is 0 Å². The summed E-state index contributed by atoms with van der Waals surface area (Å²) in [6.07, 6.45) is 0. The second kappa shape index (κ2) is 5.09. The van der Waals surface area contributed by atoms with E-state index in [1.54, 1.807) is 13.2 Å². The van der Waals surface area contributed by atoms with Crippen LogP contribution in [-0.4, -0.2) is 7.11 Å². The van der Waals surface area contributed by atoms with Crippen LogP contribution in [0, 0.1) is 13.8 Å². The van der Waals surface area contributed by atoms with Crippen LogP contribution in [0.2, 0.25) is 0 Å². The number of hydrogen-bond acceptors (Lipinski definition) is 3. The second-order valence-corrected chi connectivity index (χ2v) is 5.05. The highest BCUT2D eigenvalue weighted by atomic mass is 16.5. The number of rotatable bonds is 2. The van der Waals surface area contributed by atoms with Gasteiger partial charge in [0, 0.05) is 0 Å². The van der Waals surface area contributed by atoms with Crippen molar-refractivity contribution < 1.29 is 9.15 Å². The van der Waals surface area contributed by atoms with Gasteiger partial charge in [0.1, 0.15) is 17.1 Å². The minimum absolute atomic E-state index is 0.0294. The van der Waals surface area contributed by atoms with Crippen LogP contribution in [0.5, 0.6) is 5.75 Å². The topological polar surface area (TPSA) is 39.4 Å². The van der Waals surface area contributed by atoms with Crippen molar-refractivity contribution in [3.05, 3.63) is 64.0 Å². The van der Waals surface area contributed by atoms with Crippen molar-refractivity contribution in [3.8, 4) is 16.9 Å². The average Bonchev–Trinajstić information content (AvgIpc) is 2.48. The van der Waals surface area contributed by atoms with Crippen LogP contribution in [0.4, 0.5) is 0 Å². The normalized spacial score (nSPS) is 10.8. The molecule has 0 unspecified atom stereocenters. The predicted octanol–water partition coefficient (Wildman–Crippen LogP) is 4.09. The molecular formula is C18H16O3. The Labute approximate surface area is 122 Å². The first-order chi connectivity index (χ1) is 10.1. The number of aryl methyl sites for hydroxylation is 2. The van der Waals surface area contributed by atoms with E-state index in [2.05, 4.69) is 0 Å². The molecule has 3 nitrogen and oxygen atoms in total. The lowest BCUT2D eigenvalue weighted by Gasteiger charge is -2.10. The first kappa shape index (κ1) is 13.4. The molecule has 0 amide bonds. The molecule has 0 saturated carbocycles. The summed E-state index contributed by atoms with van der Waals surface area (Å²) in [7, 11) is 1.60. The quantitative estimate of drug-likeness (QED) is 0.710. The Morgan fingerprint density at radius 2 is 1.76 bits per heavy atom. The molecule has 3 aromatic rings. The Hall–Kier alpha value is -2.55. The zero-order chi connectivity index (χ0) is 15.0. The highest BCUT2D eigenvalue weighted by Crippen LogP contribution is 2.28. The van der Waals surface area contributed by atoms with Gasteiger partial charge in [-0.05, 0) is 37.1 Å². The Bertz CT molecular complexity index is 861. The SMILES string of the molecule is COc1cc2c(=O)c(-c3ccccc3)c(C)oc2cc1C. The summed E-state index contributed by atoms with van der Waals surface area (Å²) in [4.78, 5) is 12.8. The zero-order valence-electron chi connectivity index (χ0n) is 12.3. The Kier molecular flexibility index (Phi) is 3.26. The molecular weight excluding hydrogens is 264 g/mol. The van der Waals surface area contributed by atoms with Gasteiger partial charge in [0.2, 0.25) is 5.43 Å². The van der Waals surface area contributed by atoms with E-state index >= 15 is 0 Å². The fourth-order valence-corrected chi connectivity index (χ4v) is 2.59. The summed E-state index contributed by atoms with van der Waals surface area (Å²) in [6.45, 7) is 3.75. The molecule has 0 bridgehead atoms. The third kappa shape index (κ3) is 2.21. The van der Waals surface area contributed by atoms with Crippen molar-refractivity contribution in [1.29, 1.82) is 0 Å². The molecule has 3 heteroatoms. The lowest BCUT2D eigenvalue weighted by Crippen LogP contribution is -2.08. The highest BCUT2D eigenvalue weighted by molar-refractivity contribution is 5.84. The van der Waals surface area contributed by atoms with Gasteiger partial charge in [-0.15, -0.1) is 0 Å². The molecule has 0 atom stereocenters. The third-order valence-electron chi connectivity index (χ3n) is 3.65. The number of benzene rings is 2. The summed E-state index contributed by atoms with van der Waals surface area (Å²) < 4.78 is 11.2. The molecule has 0 aliphatic rings. The second-order valence-electron chi connectivity index (χ2n) is 5.05. The smallest absolute Gasteiger partial charge is 0.200 e. The molecule has 106 valence electrons. The van der Waals surface area contributed by atoms with Crippen molar-refractivity contribution in [2.45, 2.75) is 13.8 Å². The van der Waals surface area contributed by atoms with Crippen LogP contribution in [0.3, 0.4) is 0 Å². The molecule has 3 rings (SSSR count). The molecule has 1 aromatic heterocycles. The standard InChI is InChI=1S/C18H16O3/c1-11-9-16-14(10-15(11)20-3)18(19)17(12(2)21-16)13-7-5-4-6-8-13/h4-10H,1-3H3. The van der Waals surface area contributed by atoms with E-state index in [1.807, 2.05) is 50.2 Å². The largest absolute Gasteiger partial charge is 0.496 e. The van der Waals surface area contributed by atoms with Gasteiger partial charge < -0.3 is 9.15 Å². The van der Waals surface area contributed by atoms with Crippen LogP contribution >= 0.6 is 0 Å². The third-order valence-corrected chi connectivity index (χ3v) is 3.65. The van der Waals surface area contributed by atoms with Gasteiger partial charge in [-0.1, -0.05) is 30.3 Å². The van der Waals surface area contributed by atoms with E-state index in [9.17, 15) is 4.79 Å². The molecule has 0 aliphatic carbocycles. The number of ether oxygens (including phenoxy) is 1. The van der Waals surface area contributed by atoms with Crippen LogP contribution < -0.4 is 10.2 Å². The Balaban J connectivity index is 2.38. The summed E-state index contributed by atoms with van der Waals surface area (Å²) >= 11 is 0. The molecule has 21 heavy (non-hydrogen) atoms. The fraction of sp³-hybridized carbons (Fsp3) is 0.167. The lowest BCUT2D eigenvalue weighted by molar-refractivity contribution is 0.412. The van der Waals surface area contributed by atoms with Gasteiger partial charge >= 0.3 is 0 Å². The van der Waals surface area contributed by atoms with Gasteiger partial charge in [0.05, 0.1) is 18.1 Å². The summed E-state index contributed by atoms with van der Waals surface area (Å²) in [6, 6.07) is 13.2. The van der Waals surface area contributed by atoms with Gasteiger partial charge in [0.25, 0.3) is 0 Å². The van der Waals surface area contributed by atoms with Gasteiger partial charge in [0.15, 0.2) is 0 Å². The summed E-state index contributed by atoms with van der Waals surface area (Å²) in [5.74, 6) is 1.32. The van der Waals surface area contributed by atoms with E-state index < -0.39 is 0 Å². The molecule has 0 spiro atoms. The van der Waals surface area contributed by atoms with Crippen molar-refractivity contribution >= 4 is 11.0 Å². The first-order valence-corrected chi connectivity index (χ1v) is 6.79. The van der Waals surface area contributed by atoms with Crippen LogP contribution in [0.15, 0.2) is 51.7 Å². The van der Waals surface area contributed by atoms with Crippen LogP contribution in [-0.2, 0) is 0 Å². The predicted molar refractivity (Wildman–Crippen MR) is 83.9 cm³/mol. The molecule has 2 aromatic carbocycles. The monoisotopic (exact) mass is 280 g/mol. The number of methoxy groups -OCH3 is 1. The van der Waals surface area contributed by atoms with Crippen molar-refractivity contribution in [3.63, 3.8) is 0 Å². The summed E-state index contributed by atoms with van der Waals surface area (Å²) in [5.41, 5.74) is 2.98. The Morgan fingerprint density at radius 3 is 2.43 bits per heavy atom. The highest BCUT2D eigenvalue weighted by Gasteiger charge is 2.14. The number of hydrogen-bond donors (Lipinski definition) is 0. The van der Waals surface area contributed by atoms with Crippen molar-refractivity contribution in [2.24, 2.45) is 0 Å². The minimum Gasteiger partial charge on any atom is -0.496 e. The zero-order valence-corrected chi connectivity index (χ0v) is 12.3. The maximum Gasteiger partial charge on any atom is 0.200 e. The molecule has 1 heterocycles. The molecule has 0 fully saturated rings. The average molecular weight is 280 g/mol. The molecule has 0 N–H and O–H groups in total. The molecule has 0 aliphatic heterocycles. The van der Waals surface area contributed by atoms with Gasteiger partial charge in [-0.2, -0.15) is 0 Å². The van der Waals surface area contributed by atoms with E-state index in [0.29, 0.717) is 28.0 Å². The fourth-order valence-electron chi connectivity index (χ4n) is 2.59. The first-order valence-electron chi connectivity index (χ1n) is 6.79. The maximum absolute atomic E-state index is 12.8. The lowest BCUT2D eigenvalue weighted by atomic mass is 10.0. The van der Waals surface area contributed by atoms with Crippen molar-refractivity contribution in [1.82, 2.24) is 0 Å². The minimum atomic E-state index is -0.0294.